The Morgan fingerprint density at radius 2 is 1.85 bits per heavy atom. The van der Waals surface area contributed by atoms with Crippen molar-refractivity contribution in [1.82, 2.24) is 0 Å². The van der Waals surface area contributed by atoms with Crippen LogP contribution in [-0.4, -0.2) is 11.0 Å². The highest BCUT2D eigenvalue weighted by Gasteiger charge is 2.21. The van der Waals surface area contributed by atoms with Crippen molar-refractivity contribution in [3.63, 3.8) is 0 Å². The lowest BCUT2D eigenvalue weighted by Gasteiger charge is -2.22. The minimum absolute atomic E-state index is 0.440. The summed E-state index contributed by atoms with van der Waals surface area (Å²) in [5, 5.41) is 10.6. The largest absolute Gasteiger partial charge is 0.385 e. The van der Waals surface area contributed by atoms with E-state index in [1.807, 2.05) is 12.1 Å². The molecule has 0 aliphatic rings. The van der Waals surface area contributed by atoms with E-state index in [2.05, 4.69) is 0 Å². The first-order valence-corrected chi connectivity index (χ1v) is 5.02. The predicted octanol–water partition coefficient (Wildman–Crippen LogP) is 3.18. The smallest absolute Gasteiger partial charge is 0.0879 e. The second kappa shape index (κ2) is 4.32. The number of aliphatic hydroxyl groups is 1. The van der Waals surface area contributed by atoms with Crippen LogP contribution in [0.5, 0.6) is 0 Å². The van der Waals surface area contributed by atoms with E-state index in [9.17, 15) is 5.11 Å². The van der Waals surface area contributed by atoms with E-state index in [1.165, 1.54) is 0 Å². The van der Waals surface area contributed by atoms with Gasteiger partial charge in [-0.05, 0) is 31.0 Å². The number of rotatable bonds is 3. The fraction of sp³-hybridized carbons (Fsp3) is 0.400. The summed E-state index contributed by atoms with van der Waals surface area (Å²) in [7, 11) is 0. The van der Waals surface area contributed by atoms with Crippen molar-refractivity contribution in [3.05, 3.63) is 34.9 Å². The van der Waals surface area contributed by atoms with Crippen LogP contribution in [0.4, 0.5) is 0 Å². The molecule has 0 radical (unpaired) electrons. The number of alkyl halides is 1. The zero-order chi connectivity index (χ0) is 9.90. The molecule has 0 aromatic heterocycles. The van der Waals surface area contributed by atoms with Crippen molar-refractivity contribution in [1.29, 1.82) is 0 Å². The van der Waals surface area contributed by atoms with Crippen molar-refractivity contribution < 1.29 is 5.11 Å². The van der Waals surface area contributed by atoms with Crippen molar-refractivity contribution in [3.8, 4) is 0 Å². The molecule has 1 N–H and O–H groups in total. The Bertz CT molecular complexity index is 267. The maximum Gasteiger partial charge on any atom is 0.0879 e. The SMILES string of the molecule is CC(O)(CCCl)c1ccc(Cl)cc1. The molecule has 13 heavy (non-hydrogen) atoms. The quantitative estimate of drug-likeness (QED) is 0.774. The Morgan fingerprint density at radius 1 is 1.31 bits per heavy atom. The highest BCUT2D eigenvalue weighted by Crippen LogP contribution is 2.25. The van der Waals surface area contributed by atoms with Crippen LogP contribution in [0, 0.1) is 0 Å². The summed E-state index contributed by atoms with van der Waals surface area (Å²) >= 11 is 11.3. The van der Waals surface area contributed by atoms with Gasteiger partial charge in [-0.25, -0.2) is 0 Å². The highest BCUT2D eigenvalue weighted by atomic mass is 35.5. The lowest BCUT2D eigenvalue weighted by Crippen LogP contribution is -2.21. The molecular weight excluding hydrogens is 207 g/mol. The van der Waals surface area contributed by atoms with E-state index < -0.39 is 5.60 Å². The van der Waals surface area contributed by atoms with Crippen LogP contribution < -0.4 is 0 Å². The van der Waals surface area contributed by atoms with E-state index >= 15 is 0 Å². The molecule has 1 aromatic rings. The van der Waals surface area contributed by atoms with Gasteiger partial charge >= 0.3 is 0 Å². The maximum absolute atomic E-state index is 9.95. The first kappa shape index (κ1) is 10.8. The molecule has 1 atom stereocenters. The fourth-order valence-electron chi connectivity index (χ4n) is 1.14. The Balaban J connectivity index is 2.87. The van der Waals surface area contributed by atoms with Gasteiger partial charge in [0.05, 0.1) is 5.60 Å². The Kier molecular flexibility index (Phi) is 3.60. The lowest BCUT2D eigenvalue weighted by molar-refractivity contribution is 0.0540. The van der Waals surface area contributed by atoms with Crippen LogP contribution in [0.15, 0.2) is 24.3 Å². The molecular formula is C10H12Cl2O. The van der Waals surface area contributed by atoms with E-state index in [0.29, 0.717) is 17.3 Å². The van der Waals surface area contributed by atoms with Gasteiger partial charge in [-0.2, -0.15) is 0 Å². The molecule has 0 fully saturated rings. The van der Waals surface area contributed by atoms with Gasteiger partial charge < -0.3 is 5.11 Å². The molecule has 0 bridgehead atoms. The molecule has 0 aliphatic heterocycles. The molecule has 1 rings (SSSR count). The zero-order valence-electron chi connectivity index (χ0n) is 7.43. The lowest BCUT2D eigenvalue weighted by atomic mass is 9.93. The summed E-state index contributed by atoms with van der Waals surface area (Å²) < 4.78 is 0. The van der Waals surface area contributed by atoms with Crippen molar-refractivity contribution in [2.45, 2.75) is 18.9 Å². The first-order chi connectivity index (χ1) is 6.06. The molecule has 1 unspecified atom stereocenters. The second-order valence-corrected chi connectivity index (χ2v) is 4.03. The fourth-order valence-corrected chi connectivity index (χ4v) is 1.63. The summed E-state index contributed by atoms with van der Waals surface area (Å²) in [6, 6.07) is 7.16. The zero-order valence-corrected chi connectivity index (χ0v) is 8.94. The summed E-state index contributed by atoms with van der Waals surface area (Å²) in [4.78, 5) is 0. The maximum atomic E-state index is 9.95. The minimum atomic E-state index is -0.855. The minimum Gasteiger partial charge on any atom is -0.385 e. The van der Waals surface area contributed by atoms with Crippen LogP contribution in [-0.2, 0) is 5.60 Å². The average molecular weight is 219 g/mol. The van der Waals surface area contributed by atoms with Crippen molar-refractivity contribution >= 4 is 23.2 Å². The van der Waals surface area contributed by atoms with Gasteiger partial charge in [0.25, 0.3) is 0 Å². The summed E-state index contributed by atoms with van der Waals surface area (Å²) in [5.41, 5.74) is -0.00987. The molecule has 0 saturated heterocycles. The third-order valence-corrected chi connectivity index (χ3v) is 2.49. The second-order valence-electron chi connectivity index (χ2n) is 3.22. The third-order valence-electron chi connectivity index (χ3n) is 2.05. The van der Waals surface area contributed by atoms with E-state index in [4.69, 9.17) is 23.2 Å². The Hall–Kier alpha value is -0.240. The Labute approximate surface area is 88.3 Å². The van der Waals surface area contributed by atoms with Gasteiger partial charge in [0, 0.05) is 10.9 Å². The molecule has 0 heterocycles. The number of benzene rings is 1. The van der Waals surface area contributed by atoms with Gasteiger partial charge in [0.15, 0.2) is 0 Å². The van der Waals surface area contributed by atoms with Crippen molar-refractivity contribution in [2.75, 3.05) is 5.88 Å². The summed E-state index contributed by atoms with van der Waals surface area (Å²) in [5.74, 6) is 0.440. The summed E-state index contributed by atoms with van der Waals surface area (Å²) in [6.45, 7) is 1.75. The van der Waals surface area contributed by atoms with Crippen LogP contribution >= 0.6 is 23.2 Å². The third kappa shape index (κ3) is 2.87. The standard InChI is InChI=1S/C10H12Cl2O/c1-10(13,6-7-11)8-2-4-9(12)5-3-8/h2-5,13H,6-7H2,1H3. The average Bonchev–Trinajstić information content (AvgIpc) is 2.05. The molecule has 0 amide bonds. The predicted molar refractivity (Wildman–Crippen MR) is 56.4 cm³/mol. The number of hydrogen-bond acceptors (Lipinski definition) is 1. The molecule has 0 aliphatic carbocycles. The van der Waals surface area contributed by atoms with Crippen LogP contribution in [0.2, 0.25) is 5.02 Å². The van der Waals surface area contributed by atoms with Gasteiger partial charge in [-0.1, -0.05) is 23.7 Å². The topological polar surface area (TPSA) is 20.2 Å². The van der Waals surface area contributed by atoms with Crippen LogP contribution in [0.3, 0.4) is 0 Å². The van der Waals surface area contributed by atoms with E-state index in [-0.39, 0.29) is 0 Å². The van der Waals surface area contributed by atoms with Crippen molar-refractivity contribution in [2.24, 2.45) is 0 Å². The van der Waals surface area contributed by atoms with Gasteiger partial charge in [0.2, 0.25) is 0 Å². The summed E-state index contributed by atoms with van der Waals surface area (Å²) in [6.07, 6.45) is 0.538. The van der Waals surface area contributed by atoms with Crippen LogP contribution in [0.1, 0.15) is 18.9 Å². The molecule has 0 saturated carbocycles. The van der Waals surface area contributed by atoms with E-state index in [0.717, 1.165) is 5.56 Å². The van der Waals surface area contributed by atoms with Gasteiger partial charge in [-0.3, -0.25) is 0 Å². The molecule has 1 aromatic carbocycles. The van der Waals surface area contributed by atoms with Gasteiger partial charge in [-0.15, -0.1) is 11.6 Å². The normalized spacial score (nSPS) is 15.4. The van der Waals surface area contributed by atoms with Gasteiger partial charge in [0.1, 0.15) is 0 Å². The first-order valence-electron chi connectivity index (χ1n) is 4.10. The Morgan fingerprint density at radius 3 is 2.31 bits per heavy atom. The van der Waals surface area contributed by atoms with Crippen LogP contribution in [0.25, 0.3) is 0 Å². The molecule has 1 nitrogen and oxygen atoms in total. The highest BCUT2D eigenvalue weighted by molar-refractivity contribution is 6.30. The molecule has 3 heteroatoms. The van der Waals surface area contributed by atoms with E-state index in [1.54, 1.807) is 19.1 Å². The monoisotopic (exact) mass is 218 g/mol. The number of hydrogen-bond donors (Lipinski definition) is 1. The molecule has 0 spiro atoms. The number of halogens is 2. The molecule has 72 valence electrons.